The number of fused-ring (bicyclic) bond motifs is 1. The van der Waals surface area contributed by atoms with Crippen molar-refractivity contribution in [2.24, 2.45) is 5.41 Å². The average Bonchev–Trinajstić information content (AvgIpc) is 1.26. The Kier molecular flexibility index (Phi) is 6.75. The monoisotopic (exact) mass is 1120 g/mol. The minimum atomic E-state index is -4.34. The first kappa shape index (κ1) is 25.0. The number of hydrogen-bond donors (Lipinski definition) is 1. The summed E-state index contributed by atoms with van der Waals surface area (Å²) in [4.78, 5) is 9.66. The number of pyridine rings is 1. The number of aromatic hydroxyl groups is 1. The van der Waals surface area contributed by atoms with E-state index in [4.69, 9.17) is 40.6 Å². The van der Waals surface area contributed by atoms with Gasteiger partial charge in [-0.1, -0.05) is 199 Å². The van der Waals surface area contributed by atoms with E-state index in [0.717, 1.165) is 10.8 Å². The molecule has 0 bridgehead atoms. The summed E-state index contributed by atoms with van der Waals surface area (Å²) in [6.45, 7) is -12.6. The summed E-state index contributed by atoms with van der Waals surface area (Å²) in [5, 5.41) is 13.2. The topological polar surface area (TPSA) is 50.9 Å². The van der Waals surface area contributed by atoms with Crippen molar-refractivity contribution in [3.05, 3.63) is 167 Å². The van der Waals surface area contributed by atoms with Gasteiger partial charge in [-0.05, 0) is 104 Å². The second kappa shape index (κ2) is 18.6. The molecule has 0 fully saturated rings. The summed E-state index contributed by atoms with van der Waals surface area (Å²) in [6.07, 6.45) is -0.991. The molecule has 5 heteroatoms. The Labute approximate surface area is 470 Å². The Morgan fingerprint density at radius 1 is 0.638 bits per heavy atom. The predicted molar refractivity (Wildman–Crippen MR) is 289 cm³/mol. The van der Waals surface area contributed by atoms with Crippen LogP contribution < -0.4 is 0 Å². The molecule has 0 aliphatic rings. The van der Waals surface area contributed by atoms with Gasteiger partial charge in [-0.2, -0.15) is 0 Å². The molecule has 0 radical (unpaired) electrons. The van der Waals surface area contributed by atoms with E-state index in [1.54, 1.807) is 59.7 Å². The second-order valence-corrected chi connectivity index (χ2v) is 20.2. The number of aromatic nitrogens is 3. The molecule has 0 aliphatic carbocycles. The molecule has 0 atom stereocenters. The van der Waals surface area contributed by atoms with Crippen molar-refractivity contribution in [3.8, 4) is 67.5 Å². The van der Waals surface area contributed by atoms with Crippen LogP contribution in [0.4, 0.5) is 0 Å². The summed E-state index contributed by atoms with van der Waals surface area (Å²) in [5.41, 5.74) is -15.7. The number of hydrogen-bond acceptors (Lipinski definition) is 3. The van der Waals surface area contributed by atoms with Crippen molar-refractivity contribution in [2.45, 2.75) is 138 Å². The third kappa shape index (κ3) is 10.8. The SMILES string of the molecule is [2H]c1cc(C([2H])([2H])C(C)(C)C)cc([2H])c1-c1cc(-c2[c-]c(-c3cccc4c3nc(-c3cc(C(C([2H])([2H])[2H])(C([2H])([2H])[2H])C([2H])([2H])[2H])cc(C(C([2H])([2H])[2H])(C([2H])([2H])[2H])C([2H])([2H])[2H])c3O)n4-c3ccc(C(C)(C)C)cc3-c3c([2H])c([2H])c([2H])c([2H])c3[2H])cc(C(C)(C)C)c2)ncc1C([2H])([2H])[2H].[Pt]. The number of phenolic OH excluding ortho intramolecular Hbond substituents is 1. The van der Waals surface area contributed by atoms with E-state index in [1.807, 2.05) is 20.8 Å². The summed E-state index contributed by atoms with van der Waals surface area (Å²) >= 11 is 0. The number of benzene rings is 6. The van der Waals surface area contributed by atoms with Crippen molar-refractivity contribution < 1.29 is 67.3 Å². The average molecular weight is 1120 g/mol. The Bertz CT molecular complexity index is 4360. The van der Waals surface area contributed by atoms with Crippen LogP contribution in [-0.4, -0.2) is 19.6 Å². The van der Waals surface area contributed by atoms with Gasteiger partial charge < -0.3 is 5.11 Å². The normalized spacial score (nSPS) is 20.5. The number of nitrogens with zero attached hydrogens (tertiary/aromatic N) is 3. The number of phenols is 1. The van der Waals surface area contributed by atoms with Crippen LogP contribution in [0.25, 0.3) is 72.7 Å². The number of aryl methyl sites for hydroxylation is 1. The van der Waals surface area contributed by atoms with Gasteiger partial charge in [0, 0.05) is 75.6 Å². The molecular weight excluding hydrogens is 1020 g/mol. The van der Waals surface area contributed by atoms with Gasteiger partial charge in [-0.25, -0.2) is 4.98 Å². The van der Waals surface area contributed by atoms with Gasteiger partial charge in [0.15, 0.2) is 0 Å². The van der Waals surface area contributed by atoms with Gasteiger partial charge in [0.05, 0.1) is 31.9 Å². The molecule has 0 saturated heterocycles. The molecule has 6 aromatic carbocycles. The molecule has 0 saturated carbocycles. The smallest absolute Gasteiger partial charge is 0.148 e. The molecule has 1 N–H and O–H groups in total. The van der Waals surface area contributed by atoms with Crippen molar-refractivity contribution >= 4 is 11.0 Å². The largest absolute Gasteiger partial charge is 0.507 e. The van der Waals surface area contributed by atoms with Crippen LogP contribution in [0.1, 0.15) is 178 Å². The first-order chi connectivity index (χ1) is 44.0. The molecule has 8 aromatic rings. The number of rotatable bonds is 7. The first-order valence-corrected chi connectivity index (χ1v) is 21.9. The molecule has 2 aromatic heterocycles. The zero-order valence-electron chi connectivity index (χ0n) is 69.7. The number of imidazole rings is 1. The quantitative estimate of drug-likeness (QED) is 0.162. The molecule has 2 heterocycles. The van der Waals surface area contributed by atoms with Crippen LogP contribution >= 0.6 is 0 Å². The maximum absolute atomic E-state index is 13.2. The van der Waals surface area contributed by atoms with Crippen LogP contribution in [0.5, 0.6) is 5.75 Å². The van der Waals surface area contributed by atoms with E-state index >= 15 is 0 Å². The van der Waals surface area contributed by atoms with E-state index in [0.29, 0.717) is 17.2 Å². The third-order valence-electron chi connectivity index (χ3n) is 11.5. The zero-order valence-corrected chi connectivity index (χ0v) is 42.0. The van der Waals surface area contributed by atoms with E-state index in [2.05, 4.69) is 11.1 Å². The fraction of sp³-hybridized carbons (Fsp3) is 0.344. The fourth-order valence-electron chi connectivity index (χ4n) is 7.97. The van der Waals surface area contributed by atoms with Crippen molar-refractivity contribution in [1.82, 2.24) is 14.5 Å². The predicted octanol–water partition coefficient (Wildman–Crippen LogP) is 17.3. The summed E-state index contributed by atoms with van der Waals surface area (Å²) in [6, 6.07) is 15.4. The van der Waals surface area contributed by atoms with Gasteiger partial charge in [0.2, 0.25) is 0 Å². The van der Waals surface area contributed by atoms with E-state index in [-0.39, 0.29) is 106 Å². The Morgan fingerprint density at radius 3 is 1.91 bits per heavy atom. The van der Waals surface area contributed by atoms with Gasteiger partial charge in [0.1, 0.15) is 11.6 Å². The zero-order chi connectivity index (χ0) is 74.7. The minimum Gasteiger partial charge on any atom is -0.507 e. The fourth-order valence-corrected chi connectivity index (χ4v) is 7.97. The van der Waals surface area contributed by atoms with Crippen molar-refractivity contribution in [2.75, 3.05) is 0 Å². The van der Waals surface area contributed by atoms with Crippen LogP contribution in [0.3, 0.4) is 0 Å². The van der Waals surface area contributed by atoms with Gasteiger partial charge in [0.25, 0.3) is 0 Å². The van der Waals surface area contributed by atoms with Gasteiger partial charge in [-0.15, -0.1) is 29.3 Å². The summed E-state index contributed by atoms with van der Waals surface area (Å²) < 4.78 is 267. The Hall–Kier alpha value is -5.57. The van der Waals surface area contributed by atoms with E-state index in [9.17, 15) is 10.6 Å². The van der Waals surface area contributed by atoms with Crippen molar-refractivity contribution in [3.63, 3.8) is 0 Å². The van der Waals surface area contributed by atoms with Crippen molar-refractivity contribution in [1.29, 1.82) is 0 Å². The molecular formula is C64H72N3OPt-. The molecule has 0 aliphatic heterocycles. The van der Waals surface area contributed by atoms with E-state index < -0.39 is 145 Å². The van der Waals surface area contributed by atoms with Crippen LogP contribution in [-0.2, 0) is 49.1 Å². The first-order valence-electron chi connectivity index (χ1n) is 36.9. The summed E-state index contributed by atoms with van der Waals surface area (Å²) in [7, 11) is 0. The summed E-state index contributed by atoms with van der Waals surface area (Å²) in [5.74, 6) is -2.37. The van der Waals surface area contributed by atoms with E-state index in [1.165, 1.54) is 48.5 Å². The molecule has 69 heavy (non-hydrogen) atoms. The Morgan fingerprint density at radius 2 is 1.28 bits per heavy atom. The van der Waals surface area contributed by atoms with Crippen LogP contribution in [0, 0.1) is 18.3 Å². The molecule has 4 nitrogen and oxygen atoms in total. The van der Waals surface area contributed by atoms with Crippen LogP contribution in [0.2, 0.25) is 0 Å². The van der Waals surface area contributed by atoms with Gasteiger partial charge in [-0.3, -0.25) is 9.55 Å². The molecule has 360 valence electrons. The van der Waals surface area contributed by atoms with Gasteiger partial charge >= 0.3 is 0 Å². The standard InChI is InChI=1S/C64H72N3O.Pt/c1-40-39-65-54(37-50(40)43-27-25-41(26-28-43)38-60(2,3)4)45-31-44(32-47(33-45)62(8,9)10)49-23-20-24-56-57(49)66-59(52-35-48(63(11,12)13)36-53(58(52)68)64(14,15)16)67(56)55-30-29-46(61(5,6)7)34-51(55)42-21-18-17-19-22-42;/h17-30,32-37,39,68H,38H2,1-16H3;/q-1;/i1D3,11D3,12D3,13D3,14D3,15D3,16D3,17D,18D,19D,21D,22D,27D,28D,38D2;. The third-order valence-corrected chi connectivity index (χ3v) is 11.5. The maximum atomic E-state index is 13.2. The molecule has 8 rings (SSSR count). The Balaban J connectivity index is 0.0000138. The van der Waals surface area contributed by atoms with Crippen LogP contribution in [0.15, 0.2) is 127 Å². The molecule has 0 spiro atoms. The maximum Gasteiger partial charge on any atom is 0.148 e. The molecule has 0 amide bonds. The molecule has 0 unspecified atom stereocenters. The second-order valence-electron chi connectivity index (χ2n) is 20.2. The minimum absolute atomic E-state index is 0. The number of para-hydroxylation sites is 1.